The van der Waals surface area contributed by atoms with Gasteiger partial charge in [0.05, 0.1) is 12.3 Å². The molecule has 0 aromatic heterocycles. The van der Waals surface area contributed by atoms with Gasteiger partial charge in [-0.25, -0.2) is 0 Å². The van der Waals surface area contributed by atoms with Crippen molar-refractivity contribution in [1.29, 1.82) is 0 Å². The fourth-order valence-electron chi connectivity index (χ4n) is 2.56. The predicted molar refractivity (Wildman–Crippen MR) is 86.7 cm³/mol. The first-order valence-corrected chi connectivity index (χ1v) is 7.76. The van der Waals surface area contributed by atoms with Gasteiger partial charge >= 0.3 is 0 Å². The van der Waals surface area contributed by atoms with Crippen molar-refractivity contribution < 1.29 is 34.4 Å². The molecule has 0 saturated carbocycles. The monoisotopic (exact) mass is 354 g/mol. The summed E-state index contributed by atoms with van der Waals surface area (Å²) in [4.78, 5) is 22.7. The molecule has 1 saturated heterocycles. The van der Waals surface area contributed by atoms with Gasteiger partial charge in [-0.3, -0.25) is 9.59 Å². The normalized spacial score (nSPS) is 28.9. The summed E-state index contributed by atoms with van der Waals surface area (Å²) in [7, 11) is 0. The number of aliphatic hydroxyl groups is 3. The van der Waals surface area contributed by atoms with Crippen LogP contribution in [0.4, 0.5) is 5.69 Å². The molecule has 5 atom stereocenters. The molecule has 1 aromatic carbocycles. The van der Waals surface area contributed by atoms with Gasteiger partial charge in [0.1, 0.15) is 30.1 Å². The summed E-state index contributed by atoms with van der Waals surface area (Å²) >= 11 is 0. The van der Waals surface area contributed by atoms with Gasteiger partial charge in [-0.2, -0.15) is 0 Å². The van der Waals surface area contributed by atoms with Crippen molar-refractivity contribution in [3.63, 3.8) is 0 Å². The third kappa shape index (κ3) is 4.67. The van der Waals surface area contributed by atoms with E-state index >= 15 is 0 Å². The van der Waals surface area contributed by atoms with Gasteiger partial charge in [0.25, 0.3) is 0 Å². The Hall–Kier alpha value is -2.20. The highest BCUT2D eigenvalue weighted by atomic mass is 16.7. The number of aliphatic hydroxyl groups excluding tert-OH is 3. The van der Waals surface area contributed by atoms with Crippen LogP contribution in [0, 0.1) is 0 Å². The summed E-state index contributed by atoms with van der Waals surface area (Å²) in [5, 5.41) is 34.6. The molecule has 0 unspecified atom stereocenters. The molecule has 9 heteroatoms. The number of amides is 2. The van der Waals surface area contributed by atoms with E-state index in [1.807, 2.05) is 0 Å². The first-order chi connectivity index (χ1) is 11.8. The number of ether oxygens (including phenoxy) is 2. The Bertz CT molecular complexity index is 624. The second-order valence-electron chi connectivity index (χ2n) is 5.73. The van der Waals surface area contributed by atoms with Crippen LogP contribution in [0.25, 0.3) is 0 Å². The standard InChI is InChI=1S/C16H22N2O7/c1-8(20)17-10-5-3-4-6-11(10)24-16-13(18-9(2)21)15(23)14(22)12(7-19)25-16/h3-6,12-16,19,22-23H,7H2,1-2H3,(H,17,20)(H,18,21)/t12-,13+,14+,15+,16-/m1/s1. The van der Waals surface area contributed by atoms with E-state index in [0.29, 0.717) is 5.69 Å². The predicted octanol–water partition coefficient (Wildman–Crippen LogP) is -1.03. The molecular weight excluding hydrogens is 332 g/mol. The van der Waals surface area contributed by atoms with E-state index in [4.69, 9.17) is 9.47 Å². The maximum absolute atomic E-state index is 11.4. The molecule has 1 aromatic rings. The molecule has 1 aliphatic heterocycles. The topological polar surface area (TPSA) is 137 Å². The number of para-hydroxylation sites is 2. The van der Waals surface area contributed by atoms with Crippen molar-refractivity contribution in [2.45, 2.75) is 44.5 Å². The highest BCUT2D eigenvalue weighted by molar-refractivity contribution is 5.90. The van der Waals surface area contributed by atoms with Crippen LogP contribution in [0.15, 0.2) is 24.3 Å². The molecule has 25 heavy (non-hydrogen) atoms. The lowest BCUT2D eigenvalue weighted by molar-refractivity contribution is -0.244. The van der Waals surface area contributed by atoms with Crippen molar-refractivity contribution in [2.75, 3.05) is 11.9 Å². The van der Waals surface area contributed by atoms with Crippen LogP contribution in [-0.4, -0.2) is 64.4 Å². The van der Waals surface area contributed by atoms with Gasteiger partial charge in [-0.15, -0.1) is 0 Å². The number of anilines is 1. The zero-order valence-corrected chi connectivity index (χ0v) is 13.9. The molecule has 1 heterocycles. The van der Waals surface area contributed by atoms with Crippen LogP contribution in [0.3, 0.4) is 0 Å². The van der Waals surface area contributed by atoms with E-state index in [9.17, 15) is 24.9 Å². The number of hydrogen-bond acceptors (Lipinski definition) is 7. The third-order valence-corrected chi connectivity index (χ3v) is 3.69. The Balaban J connectivity index is 2.27. The Morgan fingerprint density at radius 2 is 1.84 bits per heavy atom. The van der Waals surface area contributed by atoms with Crippen molar-refractivity contribution in [3.8, 4) is 5.75 Å². The molecule has 0 spiro atoms. The Morgan fingerprint density at radius 1 is 1.16 bits per heavy atom. The molecule has 1 aliphatic rings. The Kier molecular flexibility index (Phi) is 6.32. The average molecular weight is 354 g/mol. The summed E-state index contributed by atoms with van der Waals surface area (Å²) in [5.41, 5.74) is 0.376. The SMILES string of the molecule is CC(=O)Nc1ccccc1O[C@@H]1O[C@H](CO)[C@H](O)[C@@H](O)[C@@H]1NC(C)=O. The maximum atomic E-state index is 11.4. The molecule has 0 aliphatic carbocycles. The molecular formula is C16H22N2O7. The summed E-state index contributed by atoms with van der Waals surface area (Å²) in [5.74, 6) is -0.507. The van der Waals surface area contributed by atoms with E-state index in [1.54, 1.807) is 24.3 Å². The van der Waals surface area contributed by atoms with Crippen molar-refractivity contribution in [2.24, 2.45) is 0 Å². The zero-order valence-electron chi connectivity index (χ0n) is 13.9. The first kappa shape index (κ1) is 19.1. The van der Waals surface area contributed by atoms with E-state index in [-0.39, 0.29) is 11.7 Å². The van der Waals surface area contributed by atoms with E-state index < -0.39 is 43.2 Å². The molecule has 1 fully saturated rings. The number of hydrogen-bond donors (Lipinski definition) is 5. The summed E-state index contributed by atoms with van der Waals surface area (Å²) in [6, 6.07) is 5.49. The minimum Gasteiger partial charge on any atom is -0.460 e. The molecule has 0 radical (unpaired) electrons. The molecule has 138 valence electrons. The van der Waals surface area contributed by atoms with Crippen LogP contribution in [0.5, 0.6) is 5.75 Å². The molecule has 0 bridgehead atoms. The molecule has 5 N–H and O–H groups in total. The molecule has 9 nitrogen and oxygen atoms in total. The van der Waals surface area contributed by atoms with Crippen LogP contribution >= 0.6 is 0 Å². The summed E-state index contributed by atoms with van der Waals surface area (Å²) < 4.78 is 11.2. The second kappa shape index (κ2) is 8.26. The van der Waals surface area contributed by atoms with Gasteiger partial charge < -0.3 is 35.4 Å². The number of nitrogens with one attached hydrogen (secondary N) is 2. The zero-order chi connectivity index (χ0) is 18.6. The molecule has 2 rings (SSSR count). The summed E-state index contributed by atoms with van der Waals surface area (Å²) in [6.45, 7) is 2.05. The average Bonchev–Trinajstić information content (AvgIpc) is 2.55. The van der Waals surface area contributed by atoms with Gasteiger partial charge in [-0.05, 0) is 12.1 Å². The van der Waals surface area contributed by atoms with Crippen molar-refractivity contribution >= 4 is 17.5 Å². The van der Waals surface area contributed by atoms with E-state index in [0.717, 1.165) is 0 Å². The third-order valence-electron chi connectivity index (χ3n) is 3.69. The molecule has 2 amide bonds. The lowest BCUT2D eigenvalue weighted by Gasteiger charge is -2.42. The van der Waals surface area contributed by atoms with Gasteiger partial charge in [0, 0.05) is 13.8 Å². The van der Waals surface area contributed by atoms with E-state index in [2.05, 4.69) is 10.6 Å². The minimum absolute atomic E-state index is 0.248. The van der Waals surface area contributed by atoms with E-state index in [1.165, 1.54) is 13.8 Å². The lowest BCUT2D eigenvalue weighted by Crippen LogP contribution is -2.65. The highest BCUT2D eigenvalue weighted by Gasteiger charge is 2.46. The second-order valence-corrected chi connectivity index (χ2v) is 5.73. The summed E-state index contributed by atoms with van der Waals surface area (Å²) in [6.07, 6.45) is -5.08. The van der Waals surface area contributed by atoms with Crippen LogP contribution in [0.1, 0.15) is 13.8 Å². The van der Waals surface area contributed by atoms with Crippen molar-refractivity contribution in [3.05, 3.63) is 24.3 Å². The minimum atomic E-state index is -1.41. The smallest absolute Gasteiger partial charge is 0.223 e. The Labute approximate surface area is 144 Å². The lowest BCUT2D eigenvalue weighted by atomic mass is 9.97. The van der Waals surface area contributed by atoms with Gasteiger partial charge in [-0.1, -0.05) is 12.1 Å². The van der Waals surface area contributed by atoms with Crippen LogP contribution in [0.2, 0.25) is 0 Å². The highest BCUT2D eigenvalue weighted by Crippen LogP contribution is 2.29. The number of carbonyl (C=O) groups is 2. The van der Waals surface area contributed by atoms with Gasteiger partial charge in [0.2, 0.25) is 18.1 Å². The first-order valence-electron chi connectivity index (χ1n) is 7.76. The number of benzene rings is 1. The number of rotatable bonds is 5. The fraction of sp³-hybridized carbons (Fsp3) is 0.500. The van der Waals surface area contributed by atoms with Gasteiger partial charge in [0.15, 0.2) is 0 Å². The maximum Gasteiger partial charge on any atom is 0.223 e. The fourth-order valence-corrected chi connectivity index (χ4v) is 2.56. The number of carbonyl (C=O) groups excluding carboxylic acids is 2. The largest absolute Gasteiger partial charge is 0.460 e. The quantitative estimate of drug-likeness (QED) is 0.456. The van der Waals surface area contributed by atoms with Crippen LogP contribution in [-0.2, 0) is 14.3 Å². The Morgan fingerprint density at radius 3 is 2.44 bits per heavy atom. The van der Waals surface area contributed by atoms with Crippen molar-refractivity contribution in [1.82, 2.24) is 5.32 Å². The van der Waals surface area contributed by atoms with Crippen LogP contribution < -0.4 is 15.4 Å².